The number of hydrogen-bond donors (Lipinski definition) is 7. The van der Waals surface area contributed by atoms with Gasteiger partial charge in [-0.05, 0) is 82.0 Å². The second-order valence-corrected chi connectivity index (χ2v) is 15.4. The van der Waals surface area contributed by atoms with Crippen LogP contribution in [0.3, 0.4) is 0 Å². The molecule has 2 heterocycles. The lowest BCUT2D eigenvalue weighted by atomic mass is 9.72. The van der Waals surface area contributed by atoms with Crippen LogP contribution in [0.2, 0.25) is 0 Å². The monoisotopic (exact) mass is 634 g/mol. The van der Waals surface area contributed by atoms with Crippen LogP contribution < -0.4 is 27.0 Å². The Morgan fingerprint density at radius 2 is 1.72 bits per heavy atom. The van der Waals surface area contributed by atoms with E-state index >= 15 is 0 Å². The minimum Gasteiger partial charge on any atom is -0.391 e. The molecule has 8 nitrogen and oxygen atoms in total. The highest BCUT2D eigenvalue weighted by Crippen LogP contribution is 2.38. The van der Waals surface area contributed by atoms with Gasteiger partial charge in [-0.25, -0.2) is 0 Å². The molecule has 1 saturated carbocycles. The molecule has 5 rings (SSSR count). The van der Waals surface area contributed by atoms with E-state index in [2.05, 4.69) is 89.4 Å². The summed E-state index contributed by atoms with van der Waals surface area (Å²) in [6.07, 6.45) is 7.91. The number of nitrogens with two attached hydrogens (primary N) is 1. The number of hydrogen-bond acceptors (Lipinski definition) is 8. The Balaban J connectivity index is 1.23. The van der Waals surface area contributed by atoms with Crippen molar-refractivity contribution in [3.05, 3.63) is 65.7 Å². The zero-order valence-electron chi connectivity index (χ0n) is 28.6. The molecule has 8 heteroatoms. The first kappa shape index (κ1) is 35.3. The van der Waals surface area contributed by atoms with Crippen molar-refractivity contribution in [2.45, 2.75) is 114 Å². The van der Waals surface area contributed by atoms with Crippen molar-refractivity contribution in [1.29, 1.82) is 0 Å². The maximum absolute atomic E-state index is 12.0. The number of nitrogens with one attached hydrogen (secondary N) is 4. The molecule has 8 N–H and O–H groups in total. The Hall–Kier alpha value is -2.04. The number of β-amino-alcohol motifs (C(OH)–C–C–N with tert-alkyl or cyclic N) is 1. The van der Waals surface area contributed by atoms with Gasteiger partial charge in [-0.3, -0.25) is 4.90 Å². The number of fused-ring (bicyclic) bond motifs is 2. The van der Waals surface area contributed by atoms with Gasteiger partial charge in [0, 0.05) is 68.5 Å². The molecule has 2 aliphatic heterocycles. The summed E-state index contributed by atoms with van der Waals surface area (Å²) in [7, 11) is 0. The van der Waals surface area contributed by atoms with Crippen molar-refractivity contribution in [3.63, 3.8) is 0 Å². The van der Waals surface area contributed by atoms with E-state index in [0.717, 1.165) is 49.0 Å². The Kier molecular flexibility index (Phi) is 12.9. The van der Waals surface area contributed by atoms with E-state index in [9.17, 15) is 10.2 Å². The predicted molar refractivity (Wildman–Crippen MR) is 190 cm³/mol. The fourth-order valence-corrected chi connectivity index (χ4v) is 7.98. The molecule has 8 atom stereocenters. The van der Waals surface area contributed by atoms with Crippen LogP contribution in [0.25, 0.3) is 0 Å². The van der Waals surface area contributed by atoms with E-state index in [4.69, 9.17) is 5.73 Å². The number of nitrogens with zero attached hydrogens (tertiary/aromatic N) is 1. The molecule has 0 aromatic heterocycles. The quantitative estimate of drug-likeness (QED) is 0.159. The van der Waals surface area contributed by atoms with Crippen molar-refractivity contribution >= 4 is 5.69 Å². The Labute approximate surface area is 278 Å². The van der Waals surface area contributed by atoms with Crippen molar-refractivity contribution in [3.8, 4) is 0 Å². The van der Waals surface area contributed by atoms with Gasteiger partial charge in [0.2, 0.25) is 0 Å². The van der Waals surface area contributed by atoms with Crippen LogP contribution in [0.15, 0.2) is 54.6 Å². The number of anilines is 1. The summed E-state index contributed by atoms with van der Waals surface area (Å²) < 4.78 is 0. The molecule has 0 radical (unpaired) electrons. The summed E-state index contributed by atoms with van der Waals surface area (Å²) in [6.45, 7) is 11.4. The largest absolute Gasteiger partial charge is 0.391 e. The first-order valence-corrected chi connectivity index (χ1v) is 18.1. The summed E-state index contributed by atoms with van der Waals surface area (Å²) in [4.78, 5) is 2.61. The van der Waals surface area contributed by atoms with Gasteiger partial charge < -0.3 is 37.2 Å². The maximum atomic E-state index is 12.0. The SMILES string of the molecule is CC(C)(C)NCC1CC2CCCCC2CN1C[C@H](O)[C@@H](Cc1ccccc1)NC[C@H](CCN)NCC1Nc2ccccc2CC1O. The highest BCUT2D eigenvalue weighted by molar-refractivity contribution is 5.54. The third kappa shape index (κ3) is 10.2. The summed E-state index contributed by atoms with van der Waals surface area (Å²) >= 11 is 0. The van der Waals surface area contributed by atoms with E-state index < -0.39 is 12.2 Å². The molecule has 2 aromatic carbocycles. The van der Waals surface area contributed by atoms with Gasteiger partial charge in [-0.1, -0.05) is 67.8 Å². The second kappa shape index (κ2) is 16.9. The van der Waals surface area contributed by atoms with Crippen molar-refractivity contribution in [2.24, 2.45) is 17.6 Å². The number of rotatable bonds is 15. The average Bonchev–Trinajstić information content (AvgIpc) is 3.04. The smallest absolute Gasteiger partial charge is 0.0823 e. The number of likely N-dealkylation sites (tertiary alicyclic amines) is 1. The van der Waals surface area contributed by atoms with E-state index in [0.29, 0.717) is 38.6 Å². The fraction of sp³-hybridized carbons (Fsp3) is 0.684. The first-order chi connectivity index (χ1) is 22.2. The Morgan fingerprint density at radius 3 is 2.48 bits per heavy atom. The molecule has 1 aliphatic carbocycles. The third-order valence-electron chi connectivity index (χ3n) is 10.7. The van der Waals surface area contributed by atoms with Crippen LogP contribution in [-0.2, 0) is 12.8 Å². The van der Waals surface area contributed by atoms with Crippen LogP contribution in [-0.4, -0.2) is 96.3 Å². The normalized spacial score (nSPS) is 27.2. The van der Waals surface area contributed by atoms with Gasteiger partial charge in [0.1, 0.15) is 0 Å². The minimum atomic E-state index is -0.505. The Morgan fingerprint density at radius 1 is 0.978 bits per heavy atom. The molecule has 256 valence electrons. The van der Waals surface area contributed by atoms with Gasteiger partial charge in [-0.15, -0.1) is 0 Å². The van der Waals surface area contributed by atoms with Gasteiger partial charge in [0.15, 0.2) is 0 Å². The molecule has 5 unspecified atom stereocenters. The molecular weight excluding hydrogens is 572 g/mol. The van der Waals surface area contributed by atoms with Gasteiger partial charge >= 0.3 is 0 Å². The zero-order valence-corrected chi connectivity index (χ0v) is 28.6. The van der Waals surface area contributed by atoms with Crippen molar-refractivity contribution in [1.82, 2.24) is 20.9 Å². The fourth-order valence-electron chi connectivity index (χ4n) is 7.98. The lowest BCUT2D eigenvalue weighted by Gasteiger charge is -2.48. The molecule has 0 bridgehead atoms. The van der Waals surface area contributed by atoms with Crippen LogP contribution in [0.5, 0.6) is 0 Å². The molecule has 0 spiro atoms. The Bertz CT molecular complexity index is 1180. The molecule has 3 aliphatic rings. The lowest BCUT2D eigenvalue weighted by molar-refractivity contribution is -0.00362. The number of benzene rings is 2. The average molecular weight is 635 g/mol. The third-order valence-corrected chi connectivity index (χ3v) is 10.7. The lowest BCUT2D eigenvalue weighted by Crippen LogP contribution is -2.58. The van der Waals surface area contributed by atoms with E-state index in [1.165, 1.54) is 37.7 Å². The molecule has 0 amide bonds. The molecule has 2 aromatic rings. The summed E-state index contributed by atoms with van der Waals surface area (Å²) in [6, 6.07) is 19.2. The van der Waals surface area contributed by atoms with Crippen LogP contribution >= 0.6 is 0 Å². The number of piperidine rings is 1. The van der Waals surface area contributed by atoms with Gasteiger partial charge in [0.25, 0.3) is 0 Å². The summed E-state index contributed by atoms with van der Waals surface area (Å²) in [5, 5.41) is 37.6. The molecule has 2 fully saturated rings. The molecular formula is C38H62N6O2. The molecule has 1 saturated heterocycles. The van der Waals surface area contributed by atoms with E-state index in [-0.39, 0.29) is 23.7 Å². The second-order valence-electron chi connectivity index (χ2n) is 15.4. The van der Waals surface area contributed by atoms with Crippen molar-refractivity contribution in [2.75, 3.05) is 44.6 Å². The maximum Gasteiger partial charge on any atom is 0.0823 e. The zero-order chi connectivity index (χ0) is 32.5. The standard InChI is InChI=1S/C38H62N6O2/c1-38(2,3)42-23-32-20-28-13-7-8-15-30(28)25-44(32)26-37(46)34(19-27-11-5-4-6-12-27)41-22-31(17-18-39)40-24-35-36(45)21-29-14-9-10-16-33(29)43-35/h4-6,9-12,14,16,28,30-32,34-37,40-43,45-46H,7-8,13,15,17-26,39H2,1-3H3/t28?,30?,31-,32?,34+,35?,36?,37-/m0/s1. The summed E-state index contributed by atoms with van der Waals surface area (Å²) in [5.74, 6) is 1.57. The minimum absolute atomic E-state index is 0.0674. The summed E-state index contributed by atoms with van der Waals surface area (Å²) in [5.41, 5.74) is 9.64. The van der Waals surface area contributed by atoms with Gasteiger partial charge in [0.05, 0.1) is 18.2 Å². The molecule has 46 heavy (non-hydrogen) atoms. The van der Waals surface area contributed by atoms with Crippen LogP contribution in [0, 0.1) is 11.8 Å². The van der Waals surface area contributed by atoms with Crippen molar-refractivity contribution < 1.29 is 10.2 Å². The topological polar surface area (TPSA) is 118 Å². The van der Waals surface area contributed by atoms with Crippen LogP contribution in [0.1, 0.15) is 70.4 Å². The highest BCUT2D eigenvalue weighted by atomic mass is 16.3. The highest BCUT2D eigenvalue weighted by Gasteiger charge is 2.38. The van der Waals surface area contributed by atoms with Gasteiger partial charge in [-0.2, -0.15) is 0 Å². The van der Waals surface area contributed by atoms with E-state index in [1.54, 1.807) is 0 Å². The van der Waals surface area contributed by atoms with Crippen LogP contribution in [0.4, 0.5) is 5.69 Å². The number of aliphatic hydroxyl groups is 2. The number of aliphatic hydroxyl groups excluding tert-OH is 2. The first-order valence-electron chi connectivity index (χ1n) is 18.1. The number of para-hydroxylation sites is 1. The predicted octanol–water partition coefficient (Wildman–Crippen LogP) is 3.52. The van der Waals surface area contributed by atoms with E-state index in [1.807, 2.05) is 12.1 Å².